The molecule has 1 radical (unpaired) electrons. The van der Waals surface area contributed by atoms with E-state index in [-0.39, 0.29) is 0 Å². The van der Waals surface area contributed by atoms with Crippen LogP contribution in [0.15, 0.2) is 53.4 Å². The van der Waals surface area contributed by atoms with E-state index in [2.05, 4.69) is 6.92 Å². The number of ether oxygens (including phenoxy) is 1. The van der Waals surface area contributed by atoms with Gasteiger partial charge in [0, 0.05) is 4.90 Å². The molecule has 0 aliphatic heterocycles. The molecule has 81 valence electrons. The summed E-state index contributed by atoms with van der Waals surface area (Å²) in [5.41, 5.74) is 0.901. The van der Waals surface area contributed by atoms with Gasteiger partial charge in [0.2, 0.25) is 0 Å². The van der Waals surface area contributed by atoms with Gasteiger partial charge in [-0.1, -0.05) is 30.3 Å². The minimum Gasteiger partial charge on any atom is -0.456 e. The van der Waals surface area contributed by atoms with Crippen molar-refractivity contribution in [3.63, 3.8) is 0 Å². The molecule has 0 N–H and O–H groups in total. The van der Waals surface area contributed by atoms with Gasteiger partial charge in [0.1, 0.15) is 11.5 Å². The third-order valence-electron chi connectivity index (χ3n) is 2.26. The number of rotatable bonds is 3. The van der Waals surface area contributed by atoms with E-state index in [0.717, 1.165) is 22.0 Å². The van der Waals surface area contributed by atoms with Crippen molar-refractivity contribution in [1.82, 2.24) is 0 Å². The molecule has 0 aromatic heterocycles. The van der Waals surface area contributed by atoms with Gasteiger partial charge in [-0.2, -0.15) is 0 Å². The molecular weight excluding hydrogens is 216 g/mol. The average molecular weight is 229 g/mol. The molecule has 0 saturated heterocycles. The first-order valence-electron chi connectivity index (χ1n) is 5.03. The van der Waals surface area contributed by atoms with Crippen LogP contribution < -0.4 is 4.74 Å². The van der Waals surface area contributed by atoms with Crippen molar-refractivity contribution < 1.29 is 4.74 Å². The number of thioether (sulfide) groups is 1. The van der Waals surface area contributed by atoms with Gasteiger partial charge in [-0.3, -0.25) is 0 Å². The van der Waals surface area contributed by atoms with Crippen LogP contribution in [-0.4, -0.2) is 6.26 Å². The van der Waals surface area contributed by atoms with Gasteiger partial charge < -0.3 is 4.74 Å². The molecule has 0 saturated carbocycles. The molecular formula is C14H13OS. The molecule has 0 aliphatic rings. The van der Waals surface area contributed by atoms with Crippen LogP contribution in [0.2, 0.25) is 0 Å². The highest BCUT2D eigenvalue weighted by atomic mass is 32.2. The highest BCUT2D eigenvalue weighted by molar-refractivity contribution is 7.98. The second-order valence-corrected chi connectivity index (χ2v) is 4.21. The molecule has 0 atom stereocenters. The van der Waals surface area contributed by atoms with E-state index in [1.807, 2.05) is 54.8 Å². The Labute approximate surface area is 100 Å². The molecule has 2 aromatic carbocycles. The van der Waals surface area contributed by atoms with Crippen LogP contribution in [0.25, 0.3) is 0 Å². The van der Waals surface area contributed by atoms with Crippen LogP contribution in [0.4, 0.5) is 0 Å². The Morgan fingerprint density at radius 1 is 0.938 bits per heavy atom. The largest absolute Gasteiger partial charge is 0.456 e. The smallest absolute Gasteiger partial charge is 0.140 e. The van der Waals surface area contributed by atoms with Gasteiger partial charge in [-0.15, -0.1) is 11.8 Å². The summed E-state index contributed by atoms with van der Waals surface area (Å²) in [7, 11) is 0. The Bertz CT molecular complexity index is 480. The quantitative estimate of drug-likeness (QED) is 0.722. The maximum Gasteiger partial charge on any atom is 0.140 e. The van der Waals surface area contributed by atoms with E-state index in [1.54, 1.807) is 11.8 Å². The predicted octanol–water partition coefficient (Wildman–Crippen LogP) is 4.38. The molecule has 0 amide bonds. The third-order valence-corrected chi connectivity index (χ3v) is 3.04. The summed E-state index contributed by atoms with van der Waals surface area (Å²) in [6.45, 7) is 3.94. The lowest BCUT2D eigenvalue weighted by molar-refractivity contribution is 0.469. The first kappa shape index (κ1) is 11.1. The highest BCUT2D eigenvalue weighted by Crippen LogP contribution is 2.32. The van der Waals surface area contributed by atoms with Crippen molar-refractivity contribution in [2.24, 2.45) is 0 Å². The van der Waals surface area contributed by atoms with E-state index in [4.69, 9.17) is 4.74 Å². The Morgan fingerprint density at radius 2 is 1.56 bits per heavy atom. The van der Waals surface area contributed by atoms with E-state index in [9.17, 15) is 0 Å². The molecule has 0 fully saturated rings. The molecule has 1 nitrogen and oxygen atoms in total. The summed E-state index contributed by atoms with van der Waals surface area (Å²) >= 11 is 1.68. The van der Waals surface area contributed by atoms with Crippen molar-refractivity contribution in [2.45, 2.75) is 4.90 Å². The first-order chi connectivity index (χ1) is 7.81. The van der Waals surface area contributed by atoms with Crippen molar-refractivity contribution in [2.75, 3.05) is 6.26 Å². The van der Waals surface area contributed by atoms with Gasteiger partial charge >= 0.3 is 0 Å². The summed E-state index contributed by atoms with van der Waals surface area (Å²) in [6.07, 6.45) is 2.04. The lowest BCUT2D eigenvalue weighted by atomic mass is 10.2. The molecule has 16 heavy (non-hydrogen) atoms. The SMILES string of the molecule is [CH2]c1ccccc1Oc1ccccc1SC. The molecule has 0 spiro atoms. The topological polar surface area (TPSA) is 9.23 Å². The summed E-state index contributed by atoms with van der Waals surface area (Å²) in [5, 5.41) is 0. The number of hydrogen-bond acceptors (Lipinski definition) is 2. The lowest BCUT2D eigenvalue weighted by Crippen LogP contribution is -1.88. The average Bonchev–Trinajstić information content (AvgIpc) is 2.33. The Morgan fingerprint density at radius 3 is 2.25 bits per heavy atom. The Hall–Kier alpha value is -1.41. The lowest BCUT2D eigenvalue weighted by Gasteiger charge is -2.10. The zero-order valence-electron chi connectivity index (χ0n) is 9.14. The van der Waals surface area contributed by atoms with Crippen LogP contribution in [-0.2, 0) is 0 Å². The fourth-order valence-corrected chi connectivity index (χ4v) is 1.95. The van der Waals surface area contributed by atoms with Crippen LogP contribution >= 0.6 is 11.8 Å². The van der Waals surface area contributed by atoms with Gasteiger partial charge in [-0.05, 0) is 36.9 Å². The second-order valence-electron chi connectivity index (χ2n) is 3.36. The summed E-state index contributed by atoms with van der Waals surface area (Å²) in [4.78, 5) is 1.13. The van der Waals surface area contributed by atoms with Crippen LogP contribution in [0.3, 0.4) is 0 Å². The molecule has 0 heterocycles. The molecule has 2 heteroatoms. The third kappa shape index (κ3) is 2.39. The van der Waals surface area contributed by atoms with E-state index in [0.29, 0.717) is 0 Å². The maximum absolute atomic E-state index is 5.85. The normalized spacial score (nSPS) is 10.1. The Kier molecular flexibility index (Phi) is 3.52. The monoisotopic (exact) mass is 229 g/mol. The highest BCUT2D eigenvalue weighted by Gasteiger charge is 2.04. The fourth-order valence-electron chi connectivity index (χ4n) is 1.42. The minimum atomic E-state index is 0.809. The van der Waals surface area contributed by atoms with Crippen molar-refractivity contribution >= 4 is 11.8 Å². The zero-order chi connectivity index (χ0) is 11.4. The summed E-state index contributed by atoms with van der Waals surface area (Å²) in [6, 6.07) is 15.8. The van der Waals surface area contributed by atoms with Crippen LogP contribution in [0.1, 0.15) is 5.56 Å². The maximum atomic E-state index is 5.85. The van der Waals surface area contributed by atoms with Crippen LogP contribution in [0, 0.1) is 6.92 Å². The zero-order valence-corrected chi connectivity index (χ0v) is 9.96. The fraction of sp³-hybridized carbons (Fsp3) is 0.0714. The second kappa shape index (κ2) is 5.08. The van der Waals surface area contributed by atoms with Crippen LogP contribution in [0.5, 0.6) is 11.5 Å². The van der Waals surface area contributed by atoms with E-state index in [1.165, 1.54) is 0 Å². The standard InChI is InChI=1S/C14H13OS/c1-11-7-3-4-8-12(11)15-13-9-5-6-10-14(13)16-2/h3-10H,1H2,2H3. The minimum absolute atomic E-state index is 0.809. The van der Waals surface area contributed by atoms with Crippen molar-refractivity contribution in [3.8, 4) is 11.5 Å². The number of benzene rings is 2. The number of para-hydroxylation sites is 2. The van der Waals surface area contributed by atoms with Crippen molar-refractivity contribution in [1.29, 1.82) is 0 Å². The molecule has 0 bridgehead atoms. The van der Waals surface area contributed by atoms with E-state index < -0.39 is 0 Å². The van der Waals surface area contributed by atoms with Gasteiger partial charge in [0.15, 0.2) is 0 Å². The molecule has 2 rings (SSSR count). The van der Waals surface area contributed by atoms with E-state index >= 15 is 0 Å². The Balaban J connectivity index is 2.30. The molecule has 0 aliphatic carbocycles. The first-order valence-corrected chi connectivity index (χ1v) is 6.25. The predicted molar refractivity (Wildman–Crippen MR) is 69.2 cm³/mol. The molecule has 2 aromatic rings. The van der Waals surface area contributed by atoms with Crippen molar-refractivity contribution in [3.05, 3.63) is 61.0 Å². The van der Waals surface area contributed by atoms with Gasteiger partial charge in [-0.25, -0.2) is 0 Å². The van der Waals surface area contributed by atoms with Gasteiger partial charge in [0.05, 0.1) is 0 Å². The van der Waals surface area contributed by atoms with Gasteiger partial charge in [0.25, 0.3) is 0 Å². The summed E-state index contributed by atoms with van der Waals surface area (Å²) in [5.74, 6) is 1.69. The summed E-state index contributed by atoms with van der Waals surface area (Å²) < 4.78 is 5.85. The molecule has 0 unspecified atom stereocenters. The number of hydrogen-bond donors (Lipinski definition) is 0.